The number of halogens is 1. The van der Waals surface area contributed by atoms with Crippen molar-refractivity contribution in [2.75, 3.05) is 19.0 Å². The summed E-state index contributed by atoms with van der Waals surface area (Å²) in [5.74, 6) is -0.372. The first kappa shape index (κ1) is 25.6. The van der Waals surface area contributed by atoms with Gasteiger partial charge in [-0.3, -0.25) is 19.7 Å². The number of hydrogen-bond acceptors (Lipinski definition) is 8. The molecule has 0 aliphatic carbocycles. The van der Waals surface area contributed by atoms with E-state index >= 15 is 0 Å². The molecule has 188 valence electrons. The second-order valence-electron chi connectivity index (χ2n) is 7.53. The largest absolute Gasteiger partial charge is 0.493 e. The molecule has 1 aromatic heterocycles. The molecule has 0 radical (unpaired) electrons. The molecule has 0 spiro atoms. The van der Waals surface area contributed by atoms with Crippen LogP contribution in [0.25, 0.3) is 10.1 Å². The molecule has 0 unspecified atom stereocenters. The van der Waals surface area contributed by atoms with E-state index in [2.05, 4.69) is 15.8 Å². The van der Waals surface area contributed by atoms with Gasteiger partial charge in [-0.05, 0) is 42.0 Å². The van der Waals surface area contributed by atoms with Crippen LogP contribution in [0.15, 0.2) is 71.8 Å². The monoisotopic (exact) mass is 538 g/mol. The molecular formula is C25H19ClN4O6S. The smallest absolute Gasteiger partial charge is 0.281 e. The topological polar surface area (TPSA) is 132 Å². The lowest BCUT2D eigenvalue weighted by molar-refractivity contribution is -0.384. The van der Waals surface area contributed by atoms with Gasteiger partial charge in [-0.25, -0.2) is 5.43 Å². The van der Waals surface area contributed by atoms with E-state index < -0.39 is 10.8 Å². The van der Waals surface area contributed by atoms with Gasteiger partial charge in [0, 0.05) is 27.9 Å². The lowest BCUT2D eigenvalue weighted by Gasteiger charge is -2.13. The van der Waals surface area contributed by atoms with Gasteiger partial charge in [-0.1, -0.05) is 29.8 Å². The lowest BCUT2D eigenvalue weighted by atomic mass is 10.2. The first-order chi connectivity index (χ1) is 17.8. The molecule has 0 aliphatic heterocycles. The molecule has 2 N–H and O–H groups in total. The average Bonchev–Trinajstić information content (AvgIpc) is 3.32. The maximum atomic E-state index is 12.5. The minimum absolute atomic E-state index is 0.0506. The number of amides is 2. The van der Waals surface area contributed by atoms with Gasteiger partial charge in [0.2, 0.25) is 0 Å². The van der Waals surface area contributed by atoms with Crippen molar-refractivity contribution in [2.24, 2.45) is 5.10 Å². The van der Waals surface area contributed by atoms with Crippen molar-refractivity contribution in [1.29, 1.82) is 0 Å². The Kier molecular flexibility index (Phi) is 7.96. The number of benzene rings is 3. The molecule has 0 bridgehead atoms. The van der Waals surface area contributed by atoms with E-state index in [4.69, 9.17) is 21.1 Å². The van der Waals surface area contributed by atoms with Crippen LogP contribution >= 0.6 is 22.9 Å². The molecule has 12 heteroatoms. The summed E-state index contributed by atoms with van der Waals surface area (Å²) in [4.78, 5) is 35.5. The molecule has 2 amide bonds. The normalized spacial score (nSPS) is 10.9. The third-order valence-electron chi connectivity index (χ3n) is 4.97. The van der Waals surface area contributed by atoms with Crippen LogP contribution in [0.2, 0.25) is 5.02 Å². The van der Waals surface area contributed by atoms with Crippen LogP contribution in [-0.2, 0) is 4.79 Å². The highest BCUT2D eigenvalue weighted by molar-refractivity contribution is 7.20. The summed E-state index contributed by atoms with van der Waals surface area (Å²) < 4.78 is 11.7. The van der Waals surface area contributed by atoms with Crippen molar-refractivity contribution in [2.45, 2.75) is 0 Å². The number of rotatable bonds is 9. The van der Waals surface area contributed by atoms with E-state index in [9.17, 15) is 19.7 Å². The highest BCUT2D eigenvalue weighted by Gasteiger charge is 2.15. The number of carbonyl (C=O) groups excluding carboxylic acids is 2. The number of nitro groups is 1. The summed E-state index contributed by atoms with van der Waals surface area (Å²) in [7, 11) is 1.43. The number of para-hydroxylation sites is 1. The van der Waals surface area contributed by atoms with Gasteiger partial charge in [0.25, 0.3) is 17.5 Å². The third-order valence-corrected chi connectivity index (χ3v) is 6.37. The maximum absolute atomic E-state index is 12.5. The fraction of sp³-hybridized carbons (Fsp3) is 0.0800. The molecule has 0 saturated heterocycles. The van der Waals surface area contributed by atoms with Gasteiger partial charge in [-0.2, -0.15) is 5.10 Å². The van der Waals surface area contributed by atoms with Crippen LogP contribution in [0.3, 0.4) is 0 Å². The zero-order chi connectivity index (χ0) is 26.4. The Labute approximate surface area is 219 Å². The van der Waals surface area contributed by atoms with E-state index in [0.29, 0.717) is 21.5 Å². The zero-order valence-corrected chi connectivity index (χ0v) is 20.8. The number of fused-ring (bicyclic) bond motifs is 1. The highest BCUT2D eigenvalue weighted by atomic mass is 35.5. The standard InChI is InChI=1S/C25H19ClN4O6S/c1-35-20-10-15(9-19(26)24(20)36-14-23(31)28-17-5-3-2-4-6-17)13-27-29-25(32)22-12-16-11-18(30(33)34)7-8-21(16)37-22/h2-13H,14H2,1H3,(H,28,31)(H,29,32)/b27-13-. The van der Waals surface area contributed by atoms with Crippen LogP contribution in [0, 0.1) is 10.1 Å². The van der Waals surface area contributed by atoms with E-state index in [-0.39, 0.29) is 34.7 Å². The van der Waals surface area contributed by atoms with E-state index in [1.54, 1.807) is 48.5 Å². The summed E-state index contributed by atoms with van der Waals surface area (Å²) >= 11 is 7.53. The molecule has 4 rings (SSSR count). The summed E-state index contributed by atoms with van der Waals surface area (Å²) in [5, 5.41) is 18.4. The van der Waals surface area contributed by atoms with Crippen molar-refractivity contribution < 1.29 is 24.0 Å². The average molecular weight is 539 g/mol. The number of non-ortho nitro benzene ring substituents is 1. The minimum atomic E-state index is -0.490. The zero-order valence-electron chi connectivity index (χ0n) is 19.3. The van der Waals surface area contributed by atoms with Crippen molar-refractivity contribution in [3.05, 3.63) is 92.3 Å². The Morgan fingerprint density at radius 1 is 1.14 bits per heavy atom. The van der Waals surface area contributed by atoms with Gasteiger partial charge >= 0.3 is 0 Å². The fourth-order valence-corrected chi connectivity index (χ4v) is 4.49. The molecule has 3 aromatic carbocycles. The second kappa shape index (κ2) is 11.5. The summed E-state index contributed by atoms with van der Waals surface area (Å²) in [6.45, 7) is -0.285. The van der Waals surface area contributed by atoms with Gasteiger partial charge in [0.1, 0.15) is 0 Å². The number of hydrogen-bond donors (Lipinski definition) is 2. The first-order valence-corrected chi connectivity index (χ1v) is 11.9. The van der Waals surface area contributed by atoms with Crippen molar-refractivity contribution in [3.8, 4) is 11.5 Å². The number of anilines is 1. The first-order valence-electron chi connectivity index (χ1n) is 10.7. The molecule has 0 saturated carbocycles. The molecule has 1 heterocycles. The molecule has 4 aromatic rings. The number of thiophene rings is 1. The van der Waals surface area contributed by atoms with Crippen LogP contribution in [0.1, 0.15) is 15.2 Å². The van der Waals surface area contributed by atoms with Gasteiger partial charge in [-0.15, -0.1) is 11.3 Å². The SMILES string of the molecule is COc1cc(/C=N\NC(=O)c2cc3cc([N+](=O)[O-])ccc3s2)cc(Cl)c1OCC(=O)Nc1ccccc1. The van der Waals surface area contributed by atoms with Crippen LogP contribution in [-0.4, -0.2) is 36.7 Å². The Hall–Kier alpha value is -4.48. The van der Waals surface area contributed by atoms with Crippen LogP contribution in [0.5, 0.6) is 11.5 Å². The van der Waals surface area contributed by atoms with E-state index in [1.807, 2.05) is 6.07 Å². The molecule has 37 heavy (non-hydrogen) atoms. The Balaban J connectivity index is 1.39. The molecule has 0 aliphatic rings. The third kappa shape index (κ3) is 6.40. The summed E-state index contributed by atoms with van der Waals surface area (Å²) in [5.41, 5.74) is 3.52. The summed E-state index contributed by atoms with van der Waals surface area (Å²) in [6.07, 6.45) is 1.37. The number of ether oxygens (including phenoxy) is 2. The number of nitrogens with zero attached hydrogens (tertiary/aromatic N) is 2. The van der Waals surface area contributed by atoms with Gasteiger partial charge in [0.05, 0.1) is 28.1 Å². The fourth-order valence-electron chi connectivity index (χ4n) is 3.29. The number of carbonyl (C=O) groups is 2. The van der Waals surface area contributed by atoms with E-state index in [0.717, 1.165) is 4.70 Å². The quantitative estimate of drug-likeness (QED) is 0.170. The lowest BCUT2D eigenvalue weighted by Crippen LogP contribution is -2.20. The molecule has 0 fully saturated rings. The highest BCUT2D eigenvalue weighted by Crippen LogP contribution is 2.36. The Morgan fingerprint density at radius 2 is 1.92 bits per heavy atom. The number of nitrogens with one attached hydrogen (secondary N) is 2. The van der Waals surface area contributed by atoms with Crippen LogP contribution in [0.4, 0.5) is 11.4 Å². The Morgan fingerprint density at radius 3 is 2.65 bits per heavy atom. The number of hydrazone groups is 1. The molecule has 10 nitrogen and oxygen atoms in total. The molecular weight excluding hydrogens is 520 g/mol. The predicted octanol–water partition coefficient (Wildman–Crippen LogP) is 5.25. The number of nitro benzene ring substituents is 1. The minimum Gasteiger partial charge on any atom is -0.493 e. The van der Waals surface area contributed by atoms with Gasteiger partial charge < -0.3 is 14.8 Å². The van der Waals surface area contributed by atoms with Gasteiger partial charge in [0.15, 0.2) is 18.1 Å². The van der Waals surface area contributed by atoms with Crippen molar-refractivity contribution >= 4 is 62.4 Å². The number of methoxy groups -OCH3 is 1. The van der Waals surface area contributed by atoms with Crippen LogP contribution < -0.4 is 20.2 Å². The van der Waals surface area contributed by atoms with Crippen molar-refractivity contribution in [3.63, 3.8) is 0 Å². The molecule has 0 atom stereocenters. The maximum Gasteiger partial charge on any atom is 0.281 e. The second-order valence-corrected chi connectivity index (χ2v) is 9.02. The van der Waals surface area contributed by atoms with Crippen molar-refractivity contribution in [1.82, 2.24) is 5.43 Å². The van der Waals surface area contributed by atoms with E-state index in [1.165, 1.54) is 36.8 Å². The Bertz CT molecular complexity index is 1510. The predicted molar refractivity (Wildman–Crippen MR) is 142 cm³/mol. The summed E-state index contributed by atoms with van der Waals surface area (Å²) in [6, 6.07) is 18.1.